The molecule has 2 rings (SSSR count). The summed E-state index contributed by atoms with van der Waals surface area (Å²) in [5, 5.41) is 0.820. The molecule has 0 bridgehead atoms. The van der Waals surface area contributed by atoms with E-state index in [1.807, 2.05) is 23.9 Å². The molecule has 0 spiro atoms. The Morgan fingerprint density at radius 1 is 1.10 bits per heavy atom. The highest BCUT2D eigenvalue weighted by atomic mass is 35.5. The topological polar surface area (TPSA) is 26.0 Å². The average Bonchev–Trinajstić information content (AvgIpc) is 2.38. The Hall–Kier alpha value is -0.960. The molecule has 3 heteroatoms. The molecule has 0 aliphatic rings. The molecule has 0 aliphatic heterocycles. The minimum absolute atomic E-state index is 0.626. The molecule has 0 aliphatic carbocycles. The van der Waals surface area contributed by atoms with Crippen LogP contribution in [-0.2, 0) is 12.2 Å². The van der Waals surface area contributed by atoms with Crippen LogP contribution in [0.2, 0.25) is 5.02 Å². The molecule has 0 unspecified atom stereocenters. The molecule has 0 saturated carbocycles. The summed E-state index contributed by atoms with van der Waals surface area (Å²) in [5.41, 5.74) is 10.8. The molecule has 0 radical (unpaired) electrons. The van der Waals surface area contributed by atoms with Crippen molar-refractivity contribution in [3.8, 4) is 0 Å². The largest absolute Gasteiger partial charge is 0.330 e. The van der Waals surface area contributed by atoms with Crippen LogP contribution in [0.3, 0.4) is 0 Å². The minimum Gasteiger partial charge on any atom is -0.330 e. The first-order valence-corrected chi connectivity index (χ1v) is 8.14. The third-order valence-electron chi connectivity index (χ3n) is 3.15. The highest BCUT2D eigenvalue weighted by Crippen LogP contribution is 2.31. The fraction of sp³-hybridized carbons (Fsp3) is 0.294. The summed E-state index contributed by atoms with van der Waals surface area (Å²) in [4.78, 5) is 1.24. The number of thioether (sulfide) groups is 1. The number of hydrogen-bond donors (Lipinski definition) is 1. The third-order valence-corrected chi connectivity index (χ3v) is 4.67. The van der Waals surface area contributed by atoms with Crippen molar-refractivity contribution in [2.24, 2.45) is 5.73 Å². The first kappa shape index (κ1) is 15.4. The standard InChI is InChI=1S/C17H20ClNS/c1-12-8-13(2)10-14(9-12)11-20-17-5-3-4-16(18)15(17)6-7-19/h3-5,8-10H,6-7,11,19H2,1-2H3. The molecule has 1 nitrogen and oxygen atoms in total. The SMILES string of the molecule is Cc1cc(C)cc(CSc2cccc(Cl)c2CCN)c1. The van der Waals surface area contributed by atoms with Crippen LogP contribution in [0.5, 0.6) is 0 Å². The molecule has 0 heterocycles. The van der Waals surface area contributed by atoms with Gasteiger partial charge in [-0.05, 0) is 50.1 Å². The normalized spacial score (nSPS) is 10.8. The van der Waals surface area contributed by atoms with E-state index in [1.165, 1.54) is 27.1 Å². The van der Waals surface area contributed by atoms with E-state index >= 15 is 0 Å². The Labute approximate surface area is 130 Å². The molecule has 0 saturated heterocycles. The van der Waals surface area contributed by atoms with Gasteiger partial charge in [-0.2, -0.15) is 0 Å². The second-order valence-corrected chi connectivity index (χ2v) is 6.46. The van der Waals surface area contributed by atoms with Crippen molar-refractivity contribution >= 4 is 23.4 Å². The molecular formula is C17H20ClNS. The van der Waals surface area contributed by atoms with E-state index < -0.39 is 0 Å². The van der Waals surface area contributed by atoms with Gasteiger partial charge >= 0.3 is 0 Å². The predicted octanol–water partition coefficient (Wildman–Crippen LogP) is 4.75. The Bertz CT molecular complexity index is 575. The van der Waals surface area contributed by atoms with Gasteiger partial charge in [0.2, 0.25) is 0 Å². The van der Waals surface area contributed by atoms with Gasteiger partial charge in [0.1, 0.15) is 0 Å². The van der Waals surface area contributed by atoms with E-state index in [2.05, 4.69) is 38.1 Å². The maximum atomic E-state index is 6.27. The zero-order valence-corrected chi connectivity index (χ0v) is 13.5. The van der Waals surface area contributed by atoms with E-state index in [1.54, 1.807) is 0 Å². The number of benzene rings is 2. The second kappa shape index (κ2) is 7.16. The van der Waals surface area contributed by atoms with Crippen molar-refractivity contribution in [3.63, 3.8) is 0 Å². The average molecular weight is 306 g/mol. The van der Waals surface area contributed by atoms with Crippen LogP contribution in [0.15, 0.2) is 41.3 Å². The molecular weight excluding hydrogens is 286 g/mol. The minimum atomic E-state index is 0.626. The van der Waals surface area contributed by atoms with Crippen molar-refractivity contribution in [2.45, 2.75) is 30.9 Å². The van der Waals surface area contributed by atoms with Crippen LogP contribution in [0.4, 0.5) is 0 Å². The molecule has 20 heavy (non-hydrogen) atoms. The molecule has 2 aromatic rings. The zero-order chi connectivity index (χ0) is 14.5. The molecule has 2 N–H and O–H groups in total. The van der Waals surface area contributed by atoms with Crippen LogP contribution >= 0.6 is 23.4 Å². The molecule has 2 aromatic carbocycles. The summed E-state index contributed by atoms with van der Waals surface area (Å²) >= 11 is 8.10. The first-order valence-electron chi connectivity index (χ1n) is 6.77. The number of nitrogens with two attached hydrogens (primary N) is 1. The number of rotatable bonds is 5. The molecule has 0 aromatic heterocycles. The van der Waals surface area contributed by atoms with Gasteiger partial charge in [-0.15, -0.1) is 11.8 Å². The van der Waals surface area contributed by atoms with Crippen LogP contribution in [0.1, 0.15) is 22.3 Å². The van der Waals surface area contributed by atoms with Crippen LogP contribution in [-0.4, -0.2) is 6.54 Å². The monoisotopic (exact) mass is 305 g/mol. The molecule has 0 amide bonds. The van der Waals surface area contributed by atoms with Gasteiger partial charge in [0, 0.05) is 15.7 Å². The van der Waals surface area contributed by atoms with Crippen LogP contribution in [0.25, 0.3) is 0 Å². The lowest BCUT2D eigenvalue weighted by molar-refractivity contribution is 0.944. The van der Waals surface area contributed by atoms with E-state index in [4.69, 9.17) is 17.3 Å². The lowest BCUT2D eigenvalue weighted by Gasteiger charge is -2.11. The fourth-order valence-electron chi connectivity index (χ4n) is 2.37. The predicted molar refractivity (Wildman–Crippen MR) is 89.7 cm³/mol. The van der Waals surface area contributed by atoms with Crippen molar-refractivity contribution in [1.82, 2.24) is 0 Å². The summed E-state index contributed by atoms with van der Waals surface area (Å²) in [5.74, 6) is 0.959. The van der Waals surface area contributed by atoms with E-state index in [-0.39, 0.29) is 0 Å². The van der Waals surface area contributed by atoms with Crippen LogP contribution in [0, 0.1) is 13.8 Å². The van der Waals surface area contributed by atoms with Gasteiger partial charge in [-0.1, -0.05) is 47.0 Å². The Balaban J connectivity index is 2.16. The summed E-state index contributed by atoms with van der Waals surface area (Å²) in [6.45, 7) is 4.90. The quantitative estimate of drug-likeness (QED) is 0.807. The smallest absolute Gasteiger partial charge is 0.0449 e. The summed E-state index contributed by atoms with van der Waals surface area (Å²) < 4.78 is 0. The van der Waals surface area contributed by atoms with E-state index in [9.17, 15) is 0 Å². The lowest BCUT2D eigenvalue weighted by atomic mass is 10.1. The highest BCUT2D eigenvalue weighted by Gasteiger charge is 2.07. The van der Waals surface area contributed by atoms with Crippen LogP contribution < -0.4 is 5.73 Å². The summed E-state index contributed by atoms with van der Waals surface area (Å²) in [7, 11) is 0. The van der Waals surface area contributed by atoms with Crippen molar-refractivity contribution < 1.29 is 0 Å². The Morgan fingerprint density at radius 2 is 1.80 bits per heavy atom. The Morgan fingerprint density at radius 3 is 2.45 bits per heavy atom. The van der Waals surface area contributed by atoms with Crippen molar-refractivity contribution in [1.29, 1.82) is 0 Å². The summed E-state index contributed by atoms with van der Waals surface area (Å²) in [6.07, 6.45) is 0.828. The van der Waals surface area contributed by atoms with Gasteiger partial charge in [0.05, 0.1) is 0 Å². The van der Waals surface area contributed by atoms with E-state index in [0.717, 1.165) is 17.2 Å². The number of aryl methyl sites for hydroxylation is 2. The maximum Gasteiger partial charge on any atom is 0.0449 e. The van der Waals surface area contributed by atoms with Crippen molar-refractivity contribution in [3.05, 3.63) is 63.7 Å². The van der Waals surface area contributed by atoms with Gasteiger partial charge in [0.15, 0.2) is 0 Å². The number of halogens is 1. The van der Waals surface area contributed by atoms with Gasteiger partial charge in [-0.25, -0.2) is 0 Å². The number of hydrogen-bond acceptors (Lipinski definition) is 2. The lowest BCUT2D eigenvalue weighted by Crippen LogP contribution is -2.04. The first-order chi connectivity index (χ1) is 9.60. The van der Waals surface area contributed by atoms with Gasteiger partial charge in [0.25, 0.3) is 0 Å². The molecule has 106 valence electrons. The van der Waals surface area contributed by atoms with E-state index in [0.29, 0.717) is 6.54 Å². The second-order valence-electron chi connectivity index (χ2n) is 5.04. The van der Waals surface area contributed by atoms with Crippen molar-refractivity contribution in [2.75, 3.05) is 6.54 Å². The highest BCUT2D eigenvalue weighted by molar-refractivity contribution is 7.98. The van der Waals surface area contributed by atoms with Gasteiger partial charge < -0.3 is 5.73 Å². The molecule has 0 fully saturated rings. The third kappa shape index (κ3) is 4.02. The zero-order valence-electron chi connectivity index (χ0n) is 11.9. The summed E-state index contributed by atoms with van der Waals surface area (Å²) in [6, 6.07) is 12.8. The maximum absolute atomic E-state index is 6.27. The van der Waals surface area contributed by atoms with Gasteiger partial charge in [-0.3, -0.25) is 0 Å². The fourth-order valence-corrected chi connectivity index (χ4v) is 3.75. The Kier molecular flexibility index (Phi) is 5.53. The molecule has 0 atom stereocenters.